The lowest BCUT2D eigenvalue weighted by molar-refractivity contribution is -0.110. The van der Waals surface area contributed by atoms with E-state index in [1.807, 2.05) is 60.7 Å². The highest BCUT2D eigenvalue weighted by atomic mass is 16.2. The number of anilines is 2. The largest absolute Gasteiger partial charge is 0.354 e. The Morgan fingerprint density at radius 1 is 0.862 bits per heavy atom. The Bertz CT molecular complexity index is 1100. The number of carbonyl (C=O) groups is 2. The van der Waals surface area contributed by atoms with Crippen molar-refractivity contribution in [1.82, 2.24) is 4.90 Å². The van der Waals surface area contributed by atoms with Crippen LogP contribution in [0.3, 0.4) is 0 Å². The monoisotopic (exact) mass is 383 g/mol. The van der Waals surface area contributed by atoms with Crippen molar-refractivity contribution in [3.05, 3.63) is 95.6 Å². The van der Waals surface area contributed by atoms with E-state index in [1.54, 1.807) is 32.3 Å². The van der Waals surface area contributed by atoms with Gasteiger partial charge in [-0.25, -0.2) is 0 Å². The molecule has 3 aromatic rings. The minimum atomic E-state index is -0.197. The first-order chi connectivity index (χ1) is 14.0. The molecular formula is C24H21N3O2. The van der Waals surface area contributed by atoms with Gasteiger partial charge in [-0.1, -0.05) is 48.5 Å². The second-order valence-electron chi connectivity index (χ2n) is 7.02. The zero-order valence-corrected chi connectivity index (χ0v) is 16.3. The molecule has 1 aliphatic heterocycles. The third-order valence-corrected chi connectivity index (χ3v) is 4.77. The van der Waals surface area contributed by atoms with E-state index in [4.69, 9.17) is 0 Å². The standard InChI is InChI=1S/C24H21N3O2/c1-27(2)24(29)17-13-14-20-19(15-17)21(23(28)26-20)22(16-9-5-3-6-10-16)25-18-11-7-4-8-12-18/h3-15,25H,1-2H3,(H,26,28)/b22-21-. The van der Waals surface area contributed by atoms with E-state index in [0.717, 1.165) is 11.3 Å². The molecule has 0 saturated carbocycles. The number of nitrogens with one attached hydrogen (secondary N) is 2. The number of fused-ring (bicyclic) bond motifs is 1. The summed E-state index contributed by atoms with van der Waals surface area (Å²) in [7, 11) is 3.42. The highest BCUT2D eigenvalue weighted by Crippen LogP contribution is 2.38. The fraction of sp³-hybridized carbons (Fsp3) is 0.0833. The Labute approximate surface area is 169 Å². The maximum atomic E-state index is 12.9. The van der Waals surface area contributed by atoms with Crippen LogP contribution in [-0.2, 0) is 4.79 Å². The number of carbonyl (C=O) groups excluding carboxylic acids is 2. The van der Waals surface area contributed by atoms with Gasteiger partial charge in [0.2, 0.25) is 0 Å². The molecule has 0 atom stereocenters. The zero-order chi connectivity index (χ0) is 20.4. The number of hydrogen-bond acceptors (Lipinski definition) is 3. The molecule has 0 saturated heterocycles. The number of amides is 2. The second-order valence-corrected chi connectivity index (χ2v) is 7.02. The Balaban J connectivity index is 1.91. The lowest BCUT2D eigenvalue weighted by atomic mass is 9.98. The summed E-state index contributed by atoms with van der Waals surface area (Å²) in [5, 5.41) is 6.32. The molecule has 144 valence electrons. The van der Waals surface area contributed by atoms with Gasteiger partial charge in [-0.2, -0.15) is 0 Å². The van der Waals surface area contributed by atoms with Crippen LogP contribution in [0.15, 0.2) is 78.9 Å². The lowest BCUT2D eigenvalue weighted by Gasteiger charge is -2.15. The van der Waals surface area contributed by atoms with Gasteiger partial charge in [0.05, 0.1) is 11.3 Å². The molecule has 4 rings (SSSR count). The van der Waals surface area contributed by atoms with Gasteiger partial charge in [-0.05, 0) is 35.9 Å². The van der Waals surface area contributed by atoms with Gasteiger partial charge < -0.3 is 15.5 Å². The molecule has 0 aliphatic carbocycles. The number of rotatable bonds is 4. The molecule has 0 radical (unpaired) electrons. The second kappa shape index (κ2) is 7.64. The van der Waals surface area contributed by atoms with Crippen molar-refractivity contribution in [2.75, 3.05) is 24.7 Å². The average molecular weight is 383 g/mol. The van der Waals surface area contributed by atoms with Crippen molar-refractivity contribution in [3.63, 3.8) is 0 Å². The summed E-state index contributed by atoms with van der Waals surface area (Å²) in [6, 6.07) is 24.7. The van der Waals surface area contributed by atoms with Crippen LogP contribution in [0, 0.1) is 0 Å². The van der Waals surface area contributed by atoms with Crippen LogP contribution < -0.4 is 10.6 Å². The van der Waals surface area contributed by atoms with Crippen molar-refractivity contribution >= 4 is 34.5 Å². The third kappa shape index (κ3) is 3.62. The van der Waals surface area contributed by atoms with E-state index in [-0.39, 0.29) is 11.8 Å². The van der Waals surface area contributed by atoms with Gasteiger partial charge in [-0.15, -0.1) is 0 Å². The van der Waals surface area contributed by atoms with Crippen LogP contribution in [0.2, 0.25) is 0 Å². The van der Waals surface area contributed by atoms with Crippen molar-refractivity contribution in [3.8, 4) is 0 Å². The first-order valence-electron chi connectivity index (χ1n) is 9.34. The van der Waals surface area contributed by atoms with Gasteiger partial charge in [0, 0.05) is 36.6 Å². The summed E-state index contributed by atoms with van der Waals surface area (Å²) in [6.45, 7) is 0. The van der Waals surface area contributed by atoms with Gasteiger partial charge in [0.25, 0.3) is 11.8 Å². The molecule has 3 aromatic carbocycles. The van der Waals surface area contributed by atoms with Crippen LogP contribution >= 0.6 is 0 Å². The van der Waals surface area contributed by atoms with Gasteiger partial charge >= 0.3 is 0 Å². The van der Waals surface area contributed by atoms with E-state index in [2.05, 4.69) is 10.6 Å². The molecule has 29 heavy (non-hydrogen) atoms. The number of benzene rings is 3. The molecular weight excluding hydrogens is 362 g/mol. The fourth-order valence-corrected chi connectivity index (χ4v) is 3.36. The molecule has 1 aliphatic rings. The molecule has 0 spiro atoms. The minimum Gasteiger partial charge on any atom is -0.354 e. The summed E-state index contributed by atoms with van der Waals surface area (Å²) < 4.78 is 0. The van der Waals surface area contributed by atoms with E-state index in [1.165, 1.54) is 4.90 Å². The summed E-state index contributed by atoms with van der Waals surface area (Å²) in [4.78, 5) is 26.9. The normalized spacial score (nSPS) is 14.1. The van der Waals surface area contributed by atoms with Gasteiger partial charge in [0.1, 0.15) is 0 Å². The molecule has 5 heteroatoms. The quantitative estimate of drug-likeness (QED) is 0.660. The summed E-state index contributed by atoms with van der Waals surface area (Å²) in [6.07, 6.45) is 0. The topological polar surface area (TPSA) is 61.4 Å². The van der Waals surface area contributed by atoms with Crippen molar-refractivity contribution in [2.24, 2.45) is 0 Å². The van der Waals surface area contributed by atoms with Crippen LogP contribution in [0.1, 0.15) is 21.5 Å². The maximum absolute atomic E-state index is 12.9. The molecule has 2 amide bonds. The Morgan fingerprint density at radius 2 is 1.52 bits per heavy atom. The Hall–Kier alpha value is -3.86. The molecule has 0 fully saturated rings. The van der Waals surface area contributed by atoms with E-state index < -0.39 is 0 Å². The molecule has 1 heterocycles. The lowest BCUT2D eigenvalue weighted by Crippen LogP contribution is -2.21. The Morgan fingerprint density at radius 3 is 2.17 bits per heavy atom. The first kappa shape index (κ1) is 18.5. The minimum absolute atomic E-state index is 0.108. The molecule has 0 bridgehead atoms. The summed E-state index contributed by atoms with van der Waals surface area (Å²) in [5.41, 5.74) is 4.92. The first-order valence-corrected chi connectivity index (χ1v) is 9.34. The van der Waals surface area contributed by atoms with Crippen molar-refractivity contribution < 1.29 is 9.59 Å². The predicted octanol–water partition coefficient (Wildman–Crippen LogP) is 4.32. The van der Waals surface area contributed by atoms with Crippen LogP contribution in [0.25, 0.3) is 11.3 Å². The smallest absolute Gasteiger partial charge is 0.258 e. The summed E-state index contributed by atoms with van der Waals surface area (Å²) >= 11 is 0. The number of nitrogens with zero attached hydrogens (tertiary/aromatic N) is 1. The van der Waals surface area contributed by atoms with Crippen LogP contribution in [-0.4, -0.2) is 30.8 Å². The zero-order valence-electron chi connectivity index (χ0n) is 16.3. The SMILES string of the molecule is CN(C)C(=O)c1ccc2c(c1)/C(=C(/Nc1ccccc1)c1ccccc1)C(=O)N2. The van der Waals surface area contributed by atoms with E-state index in [9.17, 15) is 9.59 Å². The molecule has 0 aromatic heterocycles. The van der Waals surface area contributed by atoms with Gasteiger partial charge in [0.15, 0.2) is 0 Å². The van der Waals surface area contributed by atoms with E-state index in [0.29, 0.717) is 28.1 Å². The Kier molecular flexibility index (Phi) is 4.87. The van der Waals surface area contributed by atoms with Gasteiger partial charge in [-0.3, -0.25) is 9.59 Å². The third-order valence-electron chi connectivity index (χ3n) is 4.77. The van der Waals surface area contributed by atoms with Crippen LogP contribution in [0.4, 0.5) is 11.4 Å². The highest BCUT2D eigenvalue weighted by molar-refractivity contribution is 6.37. The number of hydrogen-bond donors (Lipinski definition) is 2. The summed E-state index contributed by atoms with van der Waals surface area (Å²) in [5.74, 6) is -0.305. The molecule has 2 N–H and O–H groups in total. The van der Waals surface area contributed by atoms with Crippen molar-refractivity contribution in [1.29, 1.82) is 0 Å². The van der Waals surface area contributed by atoms with Crippen LogP contribution in [0.5, 0.6) is 0 Å². The maximum Gasteiger partial charge on any atom is 0.258 e. The fourth-order valence-electron chi connectivity index (χ4n) is 3.36. The highest BCUT2D eigenvalue weighted by Gasteiger charge is 2.29. The molecule has 0 unspecified atom stereocenters. The average Bonchev–Trinajstić information content (AvgIpc) is 3.07. The number of para-hydroxylation sites is 1. The predicted molar refractivity (Wildman–Crippen MR) is 116 cm³/mol. The molecule has 5 nitrogen and oxygen atoms in total. The van der Waals surface area contributed by atoms with Crippen molar-refractivity contribution in [2.45, 2.75) is 0 Å². The van der Waals surface area contributed by atoms with E-state index >= 15 is 0 Å².